The maximum atomic E-state index is 8.76. The summed E-state index contributed by atoms with van der Waals surface area (Å²) >= 11 is 0. The van der Waals surface area contributed by atoms with Crippen LogP contribution >= 0.6 is 0 Å². The summed E-state index contributed by atoms with van der Waals surface area (Å²) in [6.07, 6.45) is 3.45. The molecule has 0 aliphatic carbocycles. The fraction of sp³-hybridized carbons (Fsp3) is 0.278. The molecule has 0 spiro atoms. The monoisotopic (exact) mass is 340 g/mol. The number of aromatic nitrogens is 3. The van der Waals surface area contributed by atoms with Crippen LogP contribution in [0.1, 0.15) is 0 Å². The number of rotatable bonds is 8. The fourth-order valence-corrected chi connectivity index (χ4v) is 2.40. The first-order chi connectivity index (χ1) is 12.3. The smallest absolute Gasteiger partial charge is 0.163 e. The molecular formula is C18H20N4O3. The highest BCUT2D eigenvalue weighted by Crippen LogP contribution is 2.27. The van der Waals surface area contributed by atoms with E-state index >= 15 is 0 Å². The third-order valence-electron chi connectivity index (χ3n) is 3.60. The van der Waals surface area contributed by atoms with Gasteiger partial charge < -0.3 is 19.9 Å². The van der Waals surface area contributed by atoms with E-state index in [4.69, 9.17) is 14.6 Å². The maximum Gasteiger partial charge on any atom is 0.163 e. The molecule has 0 aliphatic rings. The normalized spacial score (nSPS) is 10.8. The second-order valence-electron chi connectivity index (χ2n) is 5.28. The quantitative estimate of drug-likeness (QED) is 0.607. The van der Waals surface area contributed by atoms with E-state index in [1.807, 2.05) is 30.3 Å². The molecule has 0 atom stereocenters. The van der Waals surface area contributed by atoms with Crippen LogP contribution in [0, 0.1) is 0 Å². The molecule has 7 heteroatoms. The molecule has 25 heavy (non-hydrogen) atoms. The molecule has 2 N–H and O–H groups in total. The van der Waals surface area contributed by atoms with Crippen LogP contribution in [-0.4, -0.2) is 53.5 Å². The maximum absolute atomic E-state index is 8.76. The summed E-state index contributed by atoms with van der Waals surface area (Å²) in [5, 5.41) is 12.9. The van der Waals surface area contributed by atoms with Crippen molar-refractivity contribution in [3.05, 3.63) is 42.7 Å². The first kappa shape index (κ1) is 17.1. The summed E-state index contributed by atoms with van der Waals surface area (Å²) in [5.41, 5.74) is 1.66. The average Bonchev–Trinajstić information content (AvgIpc) is 2.68. The van der Waals surface area contributed by atoms with Gasteiger partial charge in [-0.3, -0.25) is 4.98 Å². The Hall–Kier alpha value is -2.77. The second kappa shape index (κ2) is 8.36. The molecule has 7 nitrogen and oxygen atoms in total. The number of anilines is 1. The largest absolute Gasteiger partial charge is 0.497 e. The Bertz CT molecular complexity index is 827. The molecule has 1 aromatic carbocycles. The zero-order valence-electron chi connectivity index (χ0n) is 14.0. The van der Waals surface area contributed by atoms with E-state index in [0.717, 1.165) is 22.2 Å². The summed E-state index contributed by atoms with van der Waals surface area (Å²) in [6, 6.07) is 9.46. The van der Waals surface area contributed by atoms with Crippen LogP contribution in [-0.2, 0) is 4.74 Å². The minimum atomic E-state index is 0.0127. The lowest BCUT2D eigenvalue weighted by Gasteiger charge is -2.12. The van der Waals surface area contributed by atoms with Gasteiger partial charge in [-0.1, -0.05) is 0 Å². The van der Waals surface area contributed by atoms with Gasteiger partial charge in [-0.25, -0.2) is 9.97 Å². The number of fused-ring (bicyclic) bond motifs is 1. The average molecular weight is 340 g/mol. The number of benzene rings is 1. The molecule has 0 saturated heterocycles. The van der Waals surface area contributed by atoms with Crippen molar-refractivity contribution in [1.82, 2.24) is 15.0 Å². The summed E-state index contributed by atoms with van der Waals surface area (Å²) in [5.74, 6) is 2.05. The Labute approximate surface area is 145 Å². The summed E-state index contributed by atoms with van der Waals surface area (Å²) in [4.78, 5) is 13.4. The van der Waals surface area contributed by atoms with Gasteiger partial charge in [0.15, 0.2) is 5.82 Å². The highest BCUT2D eigenvalue weighted by atomic mass is 16.5. The number of ether oxygens (including phenoxy) is 2. The second-order valence-corrected chi connectivity index (χ2v) is 5.28. The van der Waals surface area contributed by atoms with Crippen molar-refractivity contribution in [2.45, 2.75) is 0 Å². The molecule has 3 aromatic rings. The lowest BCUT2D eigenvalue weighted by Crippen LogP contribution is -2.13. The number of aliphatic hydroxyl groups is 1. The van der Waals surface area contributed by atoms with Gasteiger partial charge in [0.2, 0.25) is 0 Å². The molecule has 0 bridgehead atoms. The molecule has 0 saturated carbocycles. The molecule has 0 radical (unpaired) electrons. The Balaban J connectivity index is 1.94. The van der Waals surface area contributed by atoms with Crippen molar-refractivity contribution in [2.24, 2.45) is 0 Å². The number of pyridine rings is 1. The van der Waals surface area contributed by atoms with Crippen LogP contribution in [0.3, 0.4) is 0 Å². The molecule has 2 aromatic heterocycles. The minimum absolute atomic E-state index is 0.0127. The lowest BCUT2D eigenvalue weighted by atomic mass is 10.2. The van der Waals surface area contributed by atoms with Gasteiger partial charge in [0.25, 0.3) is 0 Å². The van der Waals surface area contributed by atoms with E-state index in [9.17, 15) is 0 Å². The predicted molar refractivity (Wildman–Crippen MR) is 95.7 cm³/mol. The van der Waals surface area contributed by atoms with E-state index in [-0.39, 0.29) is 6.61 Å². The zero-order chi connectivity index (χ0) is 17.5. The van der Waals surface area contributed by atoms with Crippen molar-refractivity contribution < 1.29 is 14.6 Å². The molecule has 0 aliphatic heterocycles. The zero-order valence-corrected chi connectivity index (χ0v) is 14.0. The molecule has 130 valence electrons. The molecular weight excluding hydrogens is 320 g/mol. The van der Waals surface area contributed by atoms with Crippen LogP contribution in [0.4, 0.5) is 5.82 Å². The number of hydrogen-bond acceptors (Lipinski definition) is 7. The Morgan fingerprint density at radius 2 is 2.08 bits per heavy atom. The van der Waals surface area contributed by atoms with Gasteiger partial charge in [0, 0.05) is 29.9 Å². The third-order valence-corrected chi connectivity index (χ3v) is 3.60. The topological polar surface area (TPSA) is 89.4 Å². The molecule has 3 rings (SSSR count). The number of aliphatic hydroxyl groups excluding tert-OH is 1. The third kappa shape index (κ3) is 4.20. The summed E-state index contributed by atoms with van der Waals surface area (Å²) in [7, 11) is 1.63. The van der Waals surface area contributed by atoms with Gasteiger partial charge in [0.1, 0.15) is 11.6 Å². The number of nitrogens with one attached hydrogen (secondary N) is 1. The molecule has 2 heterocycles. The van der Waals surface area contributed by atoms with Gasteiger partial charge in [0.05, 0.1) is 32.4 Å². The van der Waals surface area contributed by atoms with E-state index in [1.54, 1.807) is 19.5 Å². The lowest BCUT2D eigenvalue weighted by molar-refractivity contribution is 0.0992. The van der Waals surface area contributed by atoms with Gasteiger partial charge in [-0.05, 0) is 30.3 Å². The fourth-order valence-electron chi connectivity index (χ4n) is 2.40. The van der Waals surface area contributed by atoms with Crippen LogP contribution in [0.15, 0.2) is 42.7 Å². The highest BCUT2D eigenvalue weighted by Gasteiger charge is 2.10. The van der Waals surface area contributed by atoms with Crippen LogP contribution in [0.25, 0.3) is 22.3 Å². The SMILES string of the molecule is COc1ccc2nc(-c3cccnc3)nc(NCCOCCO)c2c1. The predicted octanol–water partition coefficient (Wildman–Crippen LogP) is 2.12. The van der Waals surface area contributed by atoms with Gasteiger partial charge >= 0.3 is 0 Å². The van der Waals surface area contributed by atoms with Crippen LogP contribution in [0.2, 0.25) is 0 Å². The van der Waals surface area contributed by atoms with E-state index in [2.05, 4.69) is 20.3 Å². The van der Waals surface area contributed by atoms with E-state index in [0.29, 0.717) is 31.4 Å². The van der Waals surface area contributed by atoms with Crippen molar-refractivity contribution >= 4 is 16.7 Å². The number of methoxy groups -OCH3 is 1. The Kier molecular flexibility index (Phi) is 5.71. The number of hydrogen-bond donors (Lipinski definition) is 2. The Morgan fingerprint density at radius 3 is 2.84 bits per heavy atom. The summed E-state index contributed by atoms with van der Waals surface area (Å²) in [6.45, 7) is 1.37. The van der Waals surface area contributed by atoms with Crippen LogP contribution < -0.4 is 10.1 Å². The first-order valence-corrected chi connectivity index (χ1v) is 8.00. The molecule has 0 fully saturated rings. The molecule has 0 amide bonds. The van der Waals surface area contributed by atoms with Crippen LogP contribution in [0.5, 0.6) is 5.75 Å². The van der Waals surface area contributed by atoms with Gasteiger partial charge in [-0.15, -0.1) is 0 Å². The first-order valence-electron chi connectivity index (χ1n) is 8.00. The standard InChI is InChI=1S/C18H20N4O3/c1-24-14-4-5-16-15(11-14)18(20-7-9-25-10-8-23)22-17(21-16)13-3-2-6-19-12-13/h2-6,11-12,23H,7-10H2,1H3,(H,20,21,22). The summed E-state index contributed by atoms with van der Waals surface area (Å²) < 4.78 is 10.6. The Morgan fingerprint density at radius 1 is 1.16 bits per heavy atom. The molecule has 0 unspecified atom stereocenters. The van der Waals surface area contributed by atoms with E-state index in [1.165, 1.54) is 0 Å². The van der Waals surface area contributed by atoms with Crippen molar-refractivity contribution in [3.63, 3.8) is 0 Å². The highest BCUT2D eigenvalue weighted by molar-refractivity contribution is 5.91. The van der Waals surface area contributed by atoms with E-state index < -0.39 is 0 Å². The van der Waals surface area contributed by atoms with Gasteiger partial charge in [-0.2, -0.15) is 0 Å². The number of nitrogens with zero attached hydrogens (tertiary/aromatic N) is 3. The van der Waals surface area contributed by atoms with Crippen molar-refractivity contribution in [3.8, 4) is 17.1 Å². The minimum Gasteiger partial charge on any atom is -0.497 e. The van der Waals surface area contributed by atoms with Crippen molar-refractivity contribution in [2.75, 3.05) is 38.8 Å². The van der Waals surface area contributed by atoms with Crippen molar-refractivity contribution in [1.29, 1.82) is 0 Å².